The van der Waals surface area contributed by atoms with E-state index in [9.17, 15) is 4.79 Å². The number of carbonyl (C=O) groups is 1. The van der Waals surface area contributed by atoms with Crippen LogP contribution in [-0.4, -0.2) is 23.3 Å². The Labute approximate surface area is 283 Å². The molecule has 1 amide bonds. The standard InChI is InChI=1S/C34H30Br2ClN3O5/c1-4-42-32-16-23(15-30(37)33(32)44-19-24-7-8-25(35)17-29(24)36)18-38-39-34(41)31-14-13-28(45-31)20-43-27-11-9-26(10-12-27)40-21(2)5-6-22(40)3/h5-18H,4,19-20H2,1-3H3,(H,39,41)/b38-18+. The van der Waals surface area contributed by atoms with E-state index in [4.69, 9.17) is 30.2 Å². The van der Waals surface area contributed by atoms with Crippen LogP contribution in [0.2, 0.25) is 5.02 Å². The highest BCUT2D eigenvalue weighted by molar-refractivity contribution is 9.11. The van der Waals surface area contributed by atoms with Gasteiger partial charge in [-0.2, -0.15) is 5.10 Å². The van der Waals surface area contributed by atoms with Crippen molar-refractivity contribution in [2.45, 2.75) is 34.0 Å². The van der Waals surface area contributed by atoms with Crippen molar-refractivity contribution in [3.63, 3.8) is 0 Å². The van der Waals surface area contributed by atoms with Crippen LogP contribution in [0.4, 0.5) is 0 Å². The van der Waals surface area contributed by atoms with Crippen LogP contribution in [-0.2, 0) is 13.2 Å². The molecule has 0 aliphatic heterocycles. The van der Waals surface area contributed by atoms with E-state index in [1.165, 1.54) is 6.21 Å². The van der Waals surface area contributed by atoms with Crippen molar-refractivity contribution in [2.24, 2.45) is 5.10 Å². The Morgan fingerprint density at radius 1 is 0.933 bits per heavy atom. The first kappa shape index (κ1) is 32.4. The van der Waals surface area contributed by atoms with Gasteiger partial charge < -0.3 is 23.2 Å². The van der Waals surface area contributed by atoms with Gasteiger partial charge in [0.05, 0.1) is 17.8 Å². The highest BCUT2D eigenvalue weighted by Gasteiger charge is 2.15. The van der Waals surface area contributed by atoms with Crippen LogP contribution in [0, 0.1) is 13.8 Å². The lowest BCUT2D eigenvalue weighted by Crippen LogP contribution is -2.16. The van der Waals surface area contributed by atoms with E-state index >= 15 is 0 Å². The van der Waals surface area contributed by atoms with Gasteiger partial charge in [0.1, 0.15) is 24.7 Å². The lowest BCUT2D eigenvalue weighted by Gasteiger charge is -2.15. The van der Waals surface area contributed by atoms with Crippen LogP contribution in [0.5, 0.6) is 17.2 Å². The van der Waals surface area contributed by atoms with Crippen LogP contribution in [0.15, 0.2) is 97.3 Å². The van der Waals surface area contributed by atoms with E-state index in [1.54, 1.807) is 24.3 Å². The average Bonchev–Trinajstić information content (AvgIpc) is 3.63. The topological polar surface area (TPSA) is 87.2 Å². The number of carbonyl (C=O) groups excluding carboxylic acids is 1. The van der Waals surface area contributed by atoms with Crippen LogP contribution in [0.3, 0.4) is 0 Å². The molecule has 232 valence electrons. The molecule has 0 saturated carbocycles. The Balaban J connectivity index is 1.16. The Morgan fingerprint density at radius 2 is 1.69 bits per heavy atom. The van der Waals surface area contributed by atoms with E-state index in [0.717, 1.165) is 31.6 Å². The summed E-state index contributed by atoms with van der Waals surface area (Å²) in [5, 5.41) is 4.41. The fraction of sp³-hybridized carbons (Fsp3) is 0.176. The summed E-state index contributed by atoms with van der Waals surface area (Å²) in [6.07, 6.45) is 1.47. The summed E-state index contributed by atoms with van der Waals surface area (Å²) in [4.78, 5) is 12.6. The summed E-state index contributed by atoms with van der Waals surface area (Å²) in [5.41, 5.74) is 7.42. The van der Waals surface area contributed by atoms with Gasteiger partial charge in [0.2, 0.25) is 0 Å². The molecular weight excluding hydrogens is 726 g/mol. The molecule has 0 fully saturated rings. The Kier molecular flexibility index (Phi) is 10.7. The number of hydrogen-bond acceptors (Lipinski definition) is 6. The van der Waals surface area contributed by atoms with E-state index in [2.05, 4.69) is 72.9 Å². The molecular formula is C34H30Br2ClN3O5. The van der Waals surface area contributed by atoms with Gasteiger partial charge in [0.25, 0.3) is 0 Å². The predicted molar refractivity (Wildman–Crippen MR) is 182 cm³/mol. The molecule has 0 aliphatic carbocycles. The lowest BCUT2D eigenvalue weighted by molar-refractivity contribution is 0.0923. The highest BCUT2D eigenvalue weighted by atomic mass is 79.9. The minimum Gasteiger partial charge on any atom is -0.490 e. The molecule has 3 aromatic carbocycles. The second-order valence-electron chi connectivity index (χ2n) is 9.99. The van der Waals surface area contributed by atoms with E-state index in [-0.39, 0.29) is 19.0 Å². The highest BCUT2D eigenvalue weighted by Crippen LogP contribution is 2.37. The zero-order valence-corrected chi connectivity index (χ0v) is 28.7. The van der Waals surface area contributed by atoms with Gasteiger partial charge >= 0.3 is 5.91 Å². The zero-order chi connectivity index (χ0) is 31.9. The molecule has 5 aromatic rings. The molecule has 0 spiro atoms. The maximum atomic E-state index is 12.6. The summed E-state index contributed by atoms with van der Waals surface area (Å²) in [7, 11) is 0. The van der Waals surface area contributed by atoms with Crippen molar-refractivity contribution in [1.29, 1.82) is 0 Å². The third kappa shape index (κ3) is 8.19. The molecule has 0 aliphatic rings. The fourth-order valence-electron chi connectivity index (χ4n) is 4.57. The van der Waals surface area contributed by atoms with Crippen molar-refractivity contribution in [3.8, 4) is 22.9 Å². The summed E-state index contributed by atoms with van der Waals surface area (Å²) >= 11 is 13.6. The number of hydrogen-bond donors (Lipinski definition) is 1. The smallest absolute Gasteiger partial charge is 0.307 e. The van der Waals surface area contributed by atoms with Crippen molar-refractivity contribution in [2.75, 3.05) is 6.61 Å². The number of furan rings is 1. The molecule has 0 unspecified atom stereocenters. The minimum atomic E-state index is -0.504. The molecule has 2 aromatic heterocycles. The number of nitrogens with one attached hydrogen (secondary N) is 1. The third-order valence-corrected chi connectivity index (χ3v) is 8.24. The van der Waals surface area contributed by atoms with Crippen LogP contribution >= 0.6 is 43.5 Å². The fourth-order valence-corrected chi connectivity index (χ4v) is 6.01. The number of rotatable bonds is 12. The van der Waals surface area contributed by atoms with Crippen molar-refractivity contribution in [1.82, 2.24) is 9.99 Å². The van der Waals surface area contributed by atoms with Crippen LogP contribution in [0.1, 0.15) is 45.8 Å². The number of halogens is 3. The van der Waals surface area contributed by atoms with Gasteiger partial charge in [-0.05, 0) is 99.1 Å². The summed E-state index contributed by atoms with van der Waals surface area (Å²) in [5.74, 6) is 1.68. The van der Waals surface area contributed by atoms with E-state index in [1.807, 2.05) is 49.4 Å². The summed E-state index contributed by atoms with van der Waals surface area (Å²) < 4.78 is 27.4. The van der Waals surface area contributed by atoms with Gasteiger partial charge in [0.15, 0.2) is 17.3 Å². The zero-order valence-electron chi connectivity index (χ0n) is 24.8. The first-order chi connectivity index (χ1) is 21.7. The number of benzene rings is 3. The van der Waals surface area contributed by atoms with E-state index < -0.39 is 5.91 Å². The number of aryl methyl sites for hydroxylation is 2. The first-order valence-electron chi connectivity index (χ1n) is 14.0. The van der Waals surface area contributed by atoms with E-state index in [0.29, 0.717) is 40.2 Å². The molecule has 11 heteroatoms. The molecule has 0 atom stereocenters. The second kappa shape index (κ2) is 14.9. The maximum absolute atomic E-state index is 12.6. The Morgan fingerprint density at radius 3 is 2.40 bits per heavy atom. The second-order valence-corrected chi connectivity index (χ2v) is 12.2. The number of amides is 1. The molecule has 45 heavy (non-hydrogen) atoms. The molecule has 8 nitrogen and oxygen atoms in total. The summed E-state index contributed by atoms with van der Waals surface area (Å²) in [6.45, 7) is 6.88. The largest absolute Gasteiger partial charge is 0.490 e. The molecule has 2 heterocycles. The molecule has 0 bridgehead atoms. The SMILES string of the molecule is CCOc1cc(/C=N/NC(=O)c2ccc(COc3ccc(-n4c(C)ccc4C)cc3)o2)cc(Cl)c1OCc1ccc(Br)cc1Br. The lowest BCUT2D eigenvalue weighted by atomic mass is 10.2. The Bertz CT molecular complexity index is 1810. The summed E-state index contributed by atoms with van der Waals surface area (Å²) in [6, 6.07) is 24.5. The number of nitrogens with zero attached hydrogens (tertiary/aromatic N) is 2. The van der Waals surface area contributed by atoms with Crippen LogP contribution < -0.4 is 19.6 Å². The molecule has 1 N–H and O–H groups in total. The van der Waals surface area contributed by atoms with Gasteiger partial charge in [0, 0.05) is 31.6 Å². The maximum Gasteiger partial charge on any atom is 0.307 e. The van der Waals surface area contributed by atoms with Crippen molar-refractivity contribution < 1.29 is 23.4 Å². The monoisotopic (exact) mass is 753 g/mol. The number of aromatic nitrogens is 1. The quantitative estimate of drug-likeness (QED) is 0.101. The van der Waals surface area contributed by atoms with Gasteiger partial charge in [-0.1, -0.05) is 49.5 Å². The third-order valence-electron chi connectivity index (χ3n) is 6.73. The molecule has 5 rings (SSSR count). The van der Waals surface area contributed by atoms with Gasteiger partial charge in [-0.25, -0.2) is 5.43 Å². The number of ether oxygens (including phenoxy) is 3. The van der Waals surface area contributed by atoms with Gasteiger partial charge in [-0.3, -0.25) is 4.79 Å². The van der Waals surface area contributed by atoms with Crippen molar-refractivity contribution >= 4 is 55.6 Å². The van der Waals surface area contributed by atoms with Crippen molar-refractivity contribution in [3.05, 3.63) is 127 Å². The van der Waals surface area contributed by atoms with Gasteiger partial charge in [-0.15, -0.1) is 0 Å². The number of hydrazone groups is 1. The first-order valence-corrected chi connectivity index (χ1v) is 16.0. The minimum absolute atomic E-state index is 0.107. The van der Waals surface area contributed by atoms with Crippen LogP contribution in [0.25, 0.3) is 5.69 Å². The molecule has 0 radical (unpaired) electrons. The predicted octanol–water partition coefficient (Wildman–Crippen LogP) is 9.19. The molecule has 0 saturated heterocycles. The Hall–Kier alpha value is -3.99. The normalized spacial score (nSPS) is 11.2. The average molecular weight is 756 g/mol.